The molecule has 1 saturated heterocycles. The molecule has 0 bridgehead atoms. The molecule has 2 unspecified atom stereocenters. The molecule has 0 aromatic rings. The normalized spacial score (nSPS) is 22.1. The van der Waals surface area contributed by atoms with Crippen molar-refractivity contribution >= 4 is 81.8 Å². The van der Waals surface area contributed by atoms with E-state index in [1.807, 2.05) is 0 Å². The number of aliphatic hydroxyl groups excluding tert-OH is 2. The largest absolute Gasteiger partial charge is 0.439 e. The summed E-state index contributed by atoms with van der Waals surface area (Å²) in [4.78, 5) is 26.2. The molecule has 2 N–H and O–H groups in total. The third-order valence-electron chi connectivity index (χ3n) is 3.96. The van der Waals surface area contributed by atoms with Crippen molar-refractivity contribution in [3.63, 3.8) is 0 Å². The molecular formula is C14H20Cl6N2O6. The van der Waals surface area contributed by atoms with E-state index < -0.39 is 56.5 Å². The molecule has 0 aromatic heterocycles. The van der Waals surface area contributed by atoms with Gasteiger partial charge < -0.3 is 19.7 Å². The maximum atomic E-state index is 12.3. The molecular weight excluding hydrogens is 505 g/mol. The number of piperazine rings is 1. The van der Waals surface area contributed by atoms with Gasteiger partial charge in [-0.05, 0) is 27.7 Å². The van der Waals surface area contributed by atoms with Crippen molar-refractivity contribution in [3.05, 3.63) is 0 Å². The summed E-state index contributed by atoms with van der Waals surface area (Å²) in [6.45, 7) is 4.42. The van der Waals surface area contributed by atoms with Gasteiger partial charge in [0, 0.05) is 0 Å². The second kappa shape index (κ2) is 8.75. The van der Waals surface area contributed by atoms with Crippen molar-refractivity contribution in [2.45, 2.75) is 58.9 Å². The number of alkyl halides is 6. The zero-order valence-electron chi connectivity index (χ0n) is 15.3. The summed E-state index contributed by atoms with van der Waals surface area (Å²) in [5, 5.41) is 20.4. The van der Waals surface area contributed by atoms with Crippen LogP contribution in [0.2, 0.25) is 0 Å². The number of nitrogens with zero attached hydrogens (tertiary/aromatic N) is 2. The van der Waals surface area contributed by atoms with Crippen LogP contribution in [0.1, 0.15) is 27.7 Å². The van der Waals surface area contributed by atoms with Crippen LogP contribution in [-0.2, 0) is 9.47 Å². The van der Waals surface area contributed by atoms with Crippen LogP contribution in [0.25, 0.3) is 0 Å². The Hall–Kier alpha value is 0.200. The Morgan fingerprint density at radius 3 is 1.21 bits per heavy atom. The minimum absolute atomic E-state index is 0.501. The highest BCUT2D eigenvalue weighted by Crippen LogP contribution is 2.42. The number of aliphatic hydroxyl groups is 2. The third-order valence-corrected chi connectivity index (χ3v) is 6.69. The van der Waals surface area contributed by atoms with Crippen LogP contribution in [-0.4, -0.2) is 76.5 Å². The number of hydrogen-bond acceptors (Lipinski definition) is 6. The van der Waals surface area contributed by atoms with Crippen molar-refractivity contribution in [1.82, 2.24) is 9.80 Å². The van der Waals surface area contributed by atoms with Crippen LogP contribution in [0, 0.1) is 0 Å². The van der Waals surface area contributed by atoms with E-state index in [1.54, 1.807) is 0 Å². The Kier molecular flexibility index (Phi) is 8.20. The number of amides is 2. The highest BCUT2D eigenvalue weighted by atomic mass is 35.6. The highest BCUT2D eigenvalue weighted by Gasteiger charge is 2.49. The summed E-state index contributed by atoms with van der Waals surface area (Å²) in [7, 11) is 0. The smallest absolute Gasteiger partial charge is 0.412 e. The van der Waals surface area contributed by atoms with Gasteiger partial charge in [-0.25, -0.2) is 9.59 Å². The van der Waals surface area contributed by atoms with Crippen molar-refractivity contribution in [3.8, 4) is 0 Å². The number of carbonyl (C=O) groups is 2. The molecule has 2 amide bonds. The molecule has 8 nitrogen and oxygen atoms in total. The van der Waals surface area contributed by atoms with Crippen molar-refractivity contribution in [2.24, 2.45) is 0 Å². The SMILES string of the molecule is CC(C)(OC(=O)N1CC(O)N(C(=O)OC(C)(C)C(Cl)(Cl)Cl)CC1O)C(Cl)(Cl)Cl. The molecule has 28 heavy (non-hydrogen) atoms. The molecule has 14 heteroatoms. The van der Waals surface area contributed by atoms with E-state index in [-0.39, 0.29) is 0 Å². The van der Waals surface area contributed by atoms with E-state index in [9.17, 15) is 19.8 Å². The van der Waals surface area contributed by atoms with Gasteiger partial charge >= 0.3 is 12.2 Å². The molecule has 164 valence electrons. The average Bonchev–Trinajstić information content (AvgIpc) is 2.45. The molecule has 0 saturated carbocycles. The molecule has 1 aliphatic heterocycles. The number of halogens is 6. The maximum absolute atomic E-state index is 12.3. The monoisotopic (exact) mass is 522 g/mol. The summed E-state index contributed by atoms with van der Waals surface area (Å²) in [6, 6.07) is 0. The average molecular weight is 525 g/mol. The molecule has 0 radical (unpaired) electrons. The summed E-state index contributed by atoms with van der Waals surface area (Å²) >= 11 is 34.5. The van der Waals surface area contributed by atoms with E-state index in [0.29, 0.717) is 0 Å². The minimum atomic E-state index is -1.94. The van der Waals surface area contributed by atoms with Crippen LogP contribution < -0.4 is 0 Å². The van der Waals surface area contributed by atoms with Gasteiger partial charge in [-0.1, -0.05) is 69.6 Å². The zero-order chi connectivity index (χ0) is 22.3. The Morgan fingerprint density at radius 2 is 1.00 bits per heavy atom. The third kappa shape index (κ3) is 6.11. The van der Waals surface area contributed by atoms with E-state index in [4.69, 9.17) is 79.1 Å². The lowest BCUT2D eigenvalue weighted by molar-refractivity contribution is -0.130. The van der Waals surface area contributed by atoms with Crippen LogP contribution in [0.5, 0.6) is 0 Å². The van der Waals surface area contributed by atoms with E-state index >= 15 is 0 Å². The van der Waals surface area contributed by atoms with Gasteiger partial charge in [0.05, 0.1) is 13.1 Å². The molecule has 1 fully saturated rings. The van der Waals surface area contributed by atoms with Crippen LogP contribution in [0.3, 0.4) is 0 Å². The van der Waals surface area contributed by atoms with Gasteiger partial charge in [0.25, 0.3) is 0 Å². The van der Waals surface area contributed by atoms with Crippen LogP contribution in [0.4, 0.5) is 9.59 Å². The first-order valence-corrected chi connectivity index (χ1v) is 10.1. The first kappa shape index (κ1) is 26.2. The van der Waals surface area contributed by atoms with Gasteiger partial charge in [-0.3, -0.25) is 9.80 Å². The Labute approximate surface area is 192 Å². The summed E-state index contributed by atoms with van der Waals surface area (Å²) in [5.74, 6) is 0. The first-order valence-electron chi connectivity index (χ1n) is 7.79. The summed E-state index contributed by atoms with van der Waals surface area (Å²) in [5.41, 5.74) is -3.08. The van der Waals surface area contributed by atoms with Crippen molar-refractivity contribution < 1.29 is 29.3 Å². The number of rotatable bonds is 2. The van der Waals surface area contributed by atoms with Crippen LogP contribution >= 0.6 is 69.6 Å². The fourth-order valence-electron chi connectivity index (χ4n) is 1.85. The molecule has 2 atom stereocenters. The number of carbonyl (C=O) groups excluding carboxylic acids is 2. The highest BCUT2D eigenvalue weighted by molar-refractivity contribution is 6.68. The molecule has 1 heterocycles. The number of ether oxygens (including phenoxy) is 2. The Balaban J connectivity index is 2.84. The molecule has 0 aliphatic carbocycles. The Bertz CT molecular complexity index is 554. The predicted molar refractivity (Wildman–Crippen MR) is 107 cm³/mol. The van der Waals surface area contributed by atoms with Gasteiger partial charge in [-0.15, -0.1) is 0 Å². The molecule has 0 spiro atoms. The van der Waals surface area contributed by atoms with E-state index in [1.165, 1.54) is 27.7 Å². The Morgan fingerprint density at radius 1 is 0.750 bits per heavy atom. The van der Waals surface area contributed by atoms with Gasteiger partial charge in [0.1, 0.15) is 12.5 Å². The van der Waals surface area contributed by atoms with Crippen molar-refractivity contribution in [2.75, 3.05) is 13.1 Å². The lowest BCUT2D eigenvalue weighted by Crippen LogP contribution is -2.63. The zero-order valence-corrected chi connectivity index (χ0v) is 19.8. The quantitative estimate of drug-likeness (QED) is 0.533. The fourth-order valence-corrected chi connectivity index (χ4v) is 2.09. The summed E-state index contributed by atoms with van der Waals surface area (Å²) in [6.07, 6.45) is -5.19. The summed E-state index contributed by atoms with van der Waals surface area (Å²) < 4.78 is 6.34. The van der Waals surface area contributed by atoms with Crippen LogP contribution in [0.15, 0.2) is 0 Å². The molecule has 1 aliphatic rings. The molecule has 1 rings (SSSR count). The van der Waals surface area contributed by atoms with Gasteiger partial charge in [0.2, 0.25) is 7.59 Å². The van der Waals surface area contributed by atoms with Crippen molar-refractivity contribution in [1.29, 1.82) is 0 Å². The maximum Gasteiger partial charge on any atom is 0.412 e. The fraction of sp³-hybridized carbons (Fsp3) is 0.857. The first-order chi connectivity index (χ1) is 12.3. The second-order valence-electron chi connectivity index (χ2n) is 7.02. The number of β-amino-alcohol motifs (C(OH)–C–C–N with tert-alkyl or cyclic N) is 2. The van der Waals surface area contributed by atoms with Gasteiger partial charge in [-0.2, -0.15) is 0 Å². The lowest BCUT2D eigenvalue weighted by Gasteiger charge is -2.43. The van der Waals surface area contributed by atoms with E-state index in [2.05, 4.69) is 0 Å². The lowest BCUT2D eigenvalue weighted by atomic mass is 10.2. The standard InChI is InChI=1S/C14H20Cl6N2O6/c1-11(2,13(15,16)17)27-9(25)21-5-8(24)22(6-7(21)23)10(26)28-12(3,4)14(18,19)20/h7-8,23-24H,5-6H2,1-4H3. The second-order valence-corrected chi connectivity index (χ2v) is 11.6. The topological polar surface area (TPSA) is 99.5 Å². The number of hydrogen-bond donors (Lipinski definition) is 2. The predicted octanol–water partition coefficient (Wildman–Crippen LogP) is 3.81. The minimum Gasteiger partial charge on any atom is -0.439 e. The van der Waals surface area contributed by atoms with Gasteiger partial charge in [0.15, 0.2) is 11.2 Å². The van der Waals surface area contributed by atoms with E-state index in [0.717, 1.165) is 9.80 Å². The molecule has 0 aromatic carbocycles.